The molecule has 0 saturated carbocycles. The minimum atomic E-state index is 0.564. The molecule has 6 heteroatoms. The summed E-state index contributed by atoms with van der Waals surface area (Å²) in [5, 5.41) is 8.28. The molecule has 0 aromatic carbocycles. The molecule has 0 N–H and O–H groups in total. The highest BCUT2D eigenvalue weighted by molar-refractivity contribution is 5.50. The highest BCUT2D eigenvalue weighted by Gasteiger charge is 2.12. The molecule has 0 fully saturated rings. The van der Waals surface area contributed by atoms with Crippen LogP contribution in [0.2, 0.25) is 0 Å². The first kappa shape index (κ1) is 13.5. The lowest BCUT2D eigenvalue weighted by molar-refractivity contribution is 0.139. The van der Waals surface area contributed by atoms with Crippen molar-refractivity contribution in [1.29, 1.82) is 0 Å². The molecule has 0 saturated heterocycles. The smallest absolute Gasteiger partial charge is 0.213 e. The number of nitrogens with zero attached hydrogens (tertiary/aromatic N) is 4. The maximum atomic E-state index is 5.38. The zero-order valence-corrected chi connectivity index (χ0v) is 11.5. The first-order chi connectivity index (χ1) is 9.26. The van der Waals surface area contributed by atoms with Crippen molar-refractivity contribution in [1.82, 2.24) is 19.7 Å². The Morgan fingerprint density at radius 1 is 1.26 bits per heavy atom. The normalized spacial score (nSPS) is 10.7. The van der Waals surface area contributed by atoms with Gasteiger partial charge < -0.3 is 14.0 Å². The second kappa shape index (κ2) is 6.29. The molecule has 0 spiro atoms. The fourth-order valence-corrected chi connectivity index (χ4v) is 1.79. The summed E-state index contributed by atoms with van der Waals surface area (Å²) in [6.45, 7) is 5.94. The van der Waals surface area contributed by atoms with Crippen molar-refractivity contribution in [2.45, 2.75) is 20.4 Å². The Hall–Kier alpha value is -1.95. The summed E-state index contributed by atoms with van der Waals surface area (Å²) in [4.78, 5) is 4.38. The van der Waals surface area contributed by atoms with Crippen molar-refractivity contribution >= 4 is 0 Å². The van der Waals surface area contributed by atoms with Gasteiger partial charge in [0.1, 0.15) is 11.5 Å². The molecular formula is C13H18N4O2. The number of aryl methyl sites for hydroxylation is 1. The van der Waals surface area contributed by atoms with E-state index in [2.05, 4.69) is 15.2 Å². The third kappa shape index (κ3) is 3.08. The van der Waals surface area contributed by atoms with Crippen molar-refractivity contribution in [2.24, 2.45) is 0 Å². The molecule has 2 aromatic rings. The fraction of sp³-hybridized carbons (Fsp3) is 0.462. The summed E-state index contributed by atoms with van der Waals surface area (Å²) in [7, 11) is 1.59. The Labute approximate surface area is 112 Å². The topological polar surface area (TPSA) is 62.1 Å². The van der Waals surface area contributed by atoms with Gasteiger partial charge in [-0.3, -0.25) is 0 Å². The van der Waals surface area contributed by atoms with Gasteiger partial charge in [-0.1, -0.05) is 6.07 Å². The Kier molecular flexibility index (Phi) is 4.46. The van der Waals surface area contributed by atoms with Crippen LogP contribution in [0, 0.1) is 6.92 Å². The average molecular weight is 262 g/mol. The molecule has 0 bridgehead atoms. The predicted molar refractivity (Wildman–Crippen MR) is 71.0 cm³/mol. The quantitative estimate of drug-likeness (QED) is 0.741. The molecule has 0 amide bonds. The second-order valence-electron chi connectivity index (χ2n) is 3.98. The summed E-state index contributed by atoms with van der Waals surface area (Å²) in [6, 6.07) is 5.58. The minimum absolute atomic E-state index is 0.564. The minimum Gasteiger partial charge on any atom is -0.481 e. The number of rotatable bonds is 6. The van der Waals surface area contributed by atoms with Crippen LogP contribution < -0.4 is 4.74 Å². The number of ether oxygens (including phenoxy) is 2. The van der Waals surface area contributed by atoms with E-state index in [4.69, 9.17) is 9.47 Å². The zero-order chi connectivity index (χ0) is 13.7. The lowest BCUT2D eigenvalue weighted by atomic mass is 10.3. The van der Waals surface area contributed by atoms with Gasteiger partial charge in [0.15, 0.2) is 5.82 Å². The maximum absolute atomic E-state index is 5.38. The summed E-state index contributed by atoms with van der Waals surface area (Å²) < 4.78 is 12.5. The van der Waals surface area contributed by atoms with Gasteiger partial charge in [0.25, 0.3) is 0 Å². The van der Waals surface area contributed by atoms with Crippen molar-refractivity contribution < 1.29 is 9.47 Å². The van der Waals surface area contributed by atoms with Crippen LogP contribution in [0.1, 0.15) is 12.7 Å². The van der Waals surface area contributed by atoms with E-state index >= 15 is 0 Å². The highest BCUT2D eigenvalue weighted by Crippen LogP contribution is 2.18. The second-order valence-corrected chi connectivity index (χ2v) is 3.98. The summed E-state index contributed by atoms with van der Waals surface area (Å²) in [5.74, 6) is 2.14. The van der Waals surface area contributed by atoms with Crippen LogP contribution in [-0.2, 0) is 11.3 Å². The molecular weight excluding hydrogens is 244 g/mol. The van der Waals surface area contributed by atoms with E-state index < -0.39 is 0 Å². The lowest BCUT2D eigenvalue weighted by Gasteiger charge is -2.08. The summed E-state index contributed by atoms with van der Waals surface area (Å²) >= 11 is 0. The summed E-state index contributed by atoms with van der Waals surface area (Å²) in [6.07, 6.45) is 0. The molecule has 0 aliphatic carbocycles. The van der Waals surface area contributed by atoms with Gasteiger partial charge >= 0.3 is 0 Å². The molecule has 6 nitrogen and oxygen atoms in total. The van der Waals surface area contributed by atoms with E-state index in [1.165, 1.54) is 0 Å². The van der Waals surface area contributed by atoms with Gasteiger partial charge in [0.2, 0.25) is 5.88 Å². The van der Waals surface area contributed by atoms with Crippen molar-refractivity contribution in [2.75, 3.05) is 20.3 Å². The van der Waals surface area contributed by atoms with E-state index in [1.807, 2.05) is 30.5 Å². The van der Waals surface area contributed by atoms with E-state index in [1.54, 1.807) is 13.2 Å². The SMILES string of the molecule is CCOCCn1c(C)nnc1-c1cccc(OC)n1. The number of pyridine rings is 1. The molecule has 0 aliphatic heterocycles. The van der Waals surface area contributed by atoms with Crippen LogP contribution in [-0.4, -0.2) is 40.1 Å². The van der Waals surface area contributed by atoms with Crippen LogP contribution in [0.5, 0.6) is 5.88 Å². The molecule has 2 heterocycles. The molecule has 0 radical (unpaired) electrons. The largest absolute Gasteiger partial charge is 0.481 e. The van der Waals surface area contributed by atoms with Gasteiger partial charge in [-0.15, -0.1) is 10.2 Å². The third-order valence-corrected chi connectivity index (χ3v) is 2.76. The highest BCUT2D eigenvalue weighted by atomic mass is 16.5. The number of methoxy groups -OCH3 is 1. The Morgan fingerprint density at radius 3 is 2.84 bits per heavy atom. The van der Waals surface area contributed by atoms with Gasteiger partial charge in [-0.2, -0.15) is 0 Å². The van der Waals surface area contributed by atoms with E-state index in [-0.39, 0.29) is 0 Å². The van der Waals surface area contributed by atoms with Gasteiger partial charge in [0.05, 0.1) is 13.7 Å². The average Bonchev–Trinajstić information content (AvgIpc) is 2.81. The Morgan fingerprint density at radius 2 is 2.11 bits per heavy atom. The number of aromatic nitrogens is 4. The van der Waals surface area contributed by atoms with Crippen molar-refractivity contribution in [3.8, 4) is 17.4 Å². The van der Waals surface area contributed by atoms with E-state index in [0.29, 0.717) is 25.6 Å². The zero-order valence-electron chi connectivity index (χ0n) is 11.5. The van der Waals surface area contributed by atoms with Gasteiger partial charge in [-0.05, 0) is 19.9 Å². The third-order valence-electron chi connectivity index (χ3n) is 2.76. The van der Waals surface area contributed by atoms with Crippen LogP contribution in [0.25, 0.3) is 11.5 Å². The van der Waals surface area contributed by atoms with E-state index in [9.17, 15) is 0 Å². The fourth-order valence-electron chi connectivity index (χ4n) is 1.79. The molecule has 2 aromatic heterocycles. The molecule has 19 heavy (non-hydrogen) atoms. The molecule has 0 aliphatic rings. The molecule has 2 rings (SSSR count). The van der Waals surface area contributed by atoms with Gasteiger partial charge in [0, 0.05) is 19.2 Å². The first-order valence-electron chi connectivity index (χ1n) is 6.25. The molecule has 0 atom stereocenters. The van der Waals surface area contributed by atoms with Crippen LogP contribution in [0.15, 0.2) is 18.2 Å². The number of hydrogen-bond donors (Lipinski definition) is 0. The van der Waals surface area contributed by atoms with Crippen molar-refractivity contribution in [3.63, 3.8) is 0 Å². The summed E-state index contributed by atoms with van der Waals surface area (Å²) in [5.41, 5.74) is 0.747. The Bertz CT molecular complexity index is 539. The number of hydrogen-bond acceptors (Lipinski definition) is 5. The van der Waals surface area contributed by atoms with Crippen LogP contribution >= 0.6 is 0 Å². The maximum Gasteiger partial charge on any atom is 0.213 e. The van der Waals surface area contributed by atoms with Gasteiger partial charge in [-0.25, -0.2) is 4.98 Å². The standard InChI is InChI=1S/C13H18N4O2/c1-4-19-9-8-17-10(2)15-16-13(17)11-6-5-7-12(14-11)18-3/h5-7H,4,8-9H2,1-3H3. The van der Waals surface area contributed by atoms with E-state index in [0.717, 1.165) is 17.3 Å². The first-order valence-corrected chi connectivity index (χ1v) is 6.25. The molecule has 102 valence electrons. The molecule has 0 unspecified atom stereocenters. The predicted octanol–water partition coefficient (Wildman–Crippen LogP) is 1.69. The van der Waals surface area contributed by atoms with Crippen molar-refractivity contribution in [3.05, 3.63) is 24.0 Å². The van der Waals surface area contributed by atoms with Crippen LogP contribution in [0.4, 0.5) is 0 Å². The van der Waals surface area contributed by atoms with Crippen LogP contribution in [0.3, 0.4) is 0 Å². The lowest BCUT2D eigenvalue weighted by Crippen LogP contribution is -2.09. The monoisotopic (exact) mass is 262 g/mol. The Balaban J connectivity index is 2.28.